The summed E-state index contributed by atoms with van der Waals surface area (Å²) in [7, 11) is 1.64. The summed E-state index contributed by atoms with van der Waals surface area (Å²) >= 11 is 5.88. The van der Waals surface area contributed by atoms with Gasteiger partial charge in [0.2, 0.25) is 5.89 Å². The Morgan fingerprint density at radius 3 is 2.68 bits per heavy atom. The van der Waals surface area contributed by atoms with Crippen LogP contribution in [0.5, 0.6) is 5.75 Å². The molecule has 1 aromatic heterocycles. The van der Waals surface area contributed by atoms with Crippen molar-refractivity contribution in [2.75, 3.05) is 12.4 Å². The molecule has 112 valence electrons. The predicted molar refractivity (Wildman–Crippen MR) is 87.3 cm³/mol. The molecule has 0 amide bonds. The molecule has 3 aromatic rings. The number of nitrogens with zero attached hydrogens (tertiary/aromatic N) is 1. The van der Waals surface area contributed by atoms with Crippen LogP contribution in [0.3, 0.4) is 0 Å². The van der Waals surface area contributed by atoms with Crippen LogP contribution in [0.25, 0.3) is 11.3 Å². The Hall–Kier alpha value is -2.46. The largest absolute Gasteiger partial charge is 0.495 e. The Labute approximate surface area is 133 Å². The first kappa shape index (κ1) is 14.5. The number of nitrogens with one attached hydrogen (secondary N) is 1. The van der Waals surface area contributed by atoms with E-state index in [-0.39, 0.29) is 0 Å². The molecule has 0 aliphatic carbocycles. The Balaban J connectivity index is 1.71. The van der Waals surface area contributed by atoms with E-state index in [2.05, 4.69) is 10.3 Å². The maximum Gasteiger partial charge on any atom is 0.214 e. The second-order valence-corrected chi connectivity index (χ2v) is 5.12. The molecule has 0 atom stereocenters. The number of halogens is 1. The third kappa shape index (κ3) is 3.23. The number of benzene rings is 2. The average molecular weight is 315 g/mol. The molecule has 0 aliphatic rings. The van der Waals surface area contributed by atoms with Crippen molar-refractivity contribution >= 4 is 17.3 Å². The monoisotopic (exact) mass is 314 g/mol. The van der Waals surface area contributed by atoms with Crippen LogP contribution >= 0.6 is 11.6 Å². The Morgan fingerprint density at radius 1 is 1.14 bits per heavy atom. The van der Waals surface area contributed by atoms with Crippen molar-refractivity contribution in [2.45, 2.75) is 6.54 Å². The highest BCUT2D eigenvalue weighted by Crippen LogP contribution is 2.25. The zero-order valence-electron chi connectivity index (χ0n) is 12.0. The lowest BCUT2D eigenvalue weighted by Gasteiger charge is -2.08. The molecular formula is C17H15ClN2O2. The zero-order chi connectivity index (χ0) is 15.4. The quantitative estimate of drug-likeness (QED) is 0.746. The minimum Gasteiger partial charge on any atom is -0.495 e. The summed E-state index contributed by atoms with van der Waals surface area (Å²) in [5, 5.41) is 3.95. The molecule has 5 heteroatoms. The first-order valence-electron chi connectivity index (χ1n) is 6.84. The highest BCUT2D eigenvalue weighted by molar-refractivity contribution is 6.30. The van der Waals surface area contributed by atoms with Crippen LogP contribution in [0.4, 0.5) is 5.69 Å². The fourth-order valence-corrected chi connectivity index (χ4v) is 2.23. The molecule has 0 saturated heterocycles. The standard InChI is InChI=1S/C17H15ClN2O2/c1-21-15-5-3-2-4-14(15)19-11-17-20-10-16(22-17)12-6-8-13(18)9-7-12/h2-10,19H,11H2,1H3. The molecule has 0 fully saturated rings. The van der Waals surface area contributed by atoms with Gasteiger partial charge < -0.3 is 14.5 Å². The fraction of sp³-hybridized carbons (Fsp3) is 0.118. The summed E-state index contributed by atoms with van der Waals surface area (Å²) < 4.78 is 11.0. The van der Waals surface area contributed by atoms with E-state index in [1.807, 2.05) is 48.5 Å². The number of ether oxygens (including phenoxy) is 1. The summed E-state index contributed by atoms with van der Waals surface area (Å²) in [6.07, 6.45) is 1.71. The molecule has 3 rings (SSSR count). The van der Waals surface area contributed by atoms with Gasteiger partial charge in [0, 0.05) is 10.6 Å². The van der Waals surface area contributed by atoms with Crippen molar-refractivity contribution in [3.05, 3.63) is 65.6 Å². The highest BCUT2D eigenvalue weighted by atomic mass is 35.5. The summed E-state index contributed by atoms with van der Waals surface area (Å²) in [5.41, 5.74) is 1.84. The SMILES string of the molecule is COc1ccccc1NCc1ncc(-c2ccc(Cl)cc2)o1. The van der Waals surface area contributed by atoms with Gasteiger partial charge in [0.25, 0.3) is 0 Å². The first-order valence-corrected chi connectivity index (χ1v) is 7.21. The number of hydrogen-bond acceptors (Lipinski definition) is 4. The van der Waals surface area contributed by atoms with E-state index in [9.17, 15) is 0 Å². The predicted octanol–water partition coefficient (Wildman–Crippen LogP) is 4.62. The maximum atomic E-state index is 5.88. The van der Waals surface area contributed by atoms with Gasteiger partial charge in [-0.2, -0.15) is 0 Å². The molecule has 0 unspecified atom stereocenters. The van der Waals surface area contributed by atoms with Gasteiger partial charge in [0.05, 0.1) is 25.5 Å². The minimum absolute atomic E-state index is 0.480. The van der Waals surface area contributed by atoms with Gasteiger partial charge in [-0.1, -0.05) is 23.7 Å². The van der Waals surface area contributed by atoms with E-state index in [0.29, 0.717) is 23.2 Å². The van der Waals surface area contributed by atoms with Gasteiger partial charge in [-0.05, 0) is 36.4 Å². The molecular weight excluding hydrogens is 300 g/mol. The molecule has 4 nitrogen and oxygen atoms in total. The van der Waals surface area contributed by atoms with Gasteiger partial charge in [0.1, 0.15) is 5.75 Å². The van der Waals surface area contributed by atoms with Crippen LogP contribution in [0, 0.1) is 0 Å². The van der Waals surface area contributed by atoms with Crippen LogP contribution in [0.15, 0.2) is 59.1 Å². The van der Waals surface area contributed by atoms with Gasteiger partial charge >= 0.3 is 0 Å². The van der Waals surface area contributed by atoms with Crippen molar-refractivity contribution in [3.8, 4) is 17.1 Å². The number of anilines is 1. The number of methoxy groups -OCH3 is 1. The van der Waals surface area contributed by atoms with E-state index in [1.54, 1.807) is 13.3 Å². The van der Waals surface area contributed by atoms with Crippen LogP contribution in [-0.4, -0.2) is 12.1 Å². The third-order valence-corrected chi connectivity index (χ3v) is 3.47. The first-order chi connectivity index (χ1) is 10.8. The smallest absolute Gasteiger partial charge is 0.214 e. The molecule has 0 saturated carbocycles. The van der Waals surface area contributed by atoms with Crippen LogP contribution in [-0.2, 0) is 6.54 Å². The van der Waals surface area contributed by atoms with Crippen molar-refractivity contribution in [1.29, 1.82) is 0 Å². The van der Waals surface area contributed by atoms with Crippen LogP contribution in [0.2, 0.25) is 5.02 Å². The molecule has 1 N–H and O–H groups in total. The van der Waals surface area contributed by atoms with Gasteiger partial charge in [0.15, 0.2) is 5.76 Å². The van der Waals surface area contributed by atoms with E-state index < -0.39 is 0 Å². The lowest BCUT2D eigenvalue weighted by Crippen LogP contribution is -2.01. The summed E-state index contributed by atoms with van der Waals surface area (Å²) in [4.78, 5) is 4.28. The van der Waals surface area contributed by atoms with Gasteiger partial charge in [-0.25, -0.2) is 4.98 Å². The average Bonchev–Trinajstić information content (AvgIpc) is 3.03. The van der Waals surface area contributed by atoms with Crippen LogP contribution in [0.1, 0.15) is 5.89 Å². The maximum absolute atomic E-state index is 5.88. The number of aromatic nitrogens is 1. The van der Waals surface area contributed by atoms with Crippen molar-refractivity contribution in [2.24, 2.45) is 0 Å². The van der Waals surface area contributed by atoms with E-state index in [4.69, 9.17) is 20.8 Å². The van der Waals surface area contributed by atoms with Crippen molar-refractivity contribution < 1.29 is 9.15 Å². The van der Waals surface area contributed by atoms with Gasteiger partial charge in [-0.15, -0.1) is 0 Å². The minimum atomic E-state index is 0.480. The van der Waals surface area contributed by atoms with Crippen molar-refractivity contribution in [1.82, 2.24) is 4.98 Å². The summed E-state index contributed by atoms with van der Waals surface area (Å²) in [6, 6.07) is 15.2. The summed E-state index contributed by atoms with van der Waals surface area (Å²) in [6.45, 7) is 0.480. The molecule has 0 aliphatic heterocycles. The number of hydrogen-bond donors (Lipinski definition) is 1. The third-order valence-electron chi connectivity index (χ3n) is 3.22. The Kier molecular flexibility index (Phi) is 4.30. The van der Waals surface area contributed by atoms with E-state index in [1.165, 1.54) is 0 Å². The number of oxazole rings is 1. The van der Waals surface area contributed by atoms with E-state index in [0.717, 1.165) is 17.0 Å². The fourth-order valence-electron chi connectivity index (χ4n) is 2.10. The van der Waals surface area contributed by atoms with Gasteiger partial charge in [-0.3, -0.25) is 0 Å². The van der Waals surface area contributed by atoms with Crippen LogP contribution < -0.4 is 10.1 Å². The second-order valence-electron chi connectivity index (χ2n) is 4.68. The molecule has 22 heavy (non-hydrogen) atoms. The van der Waals surface area contributed by atoms with E-state index >= 15 is 0 Å². The number of para-hydroxylation sites is 2. The van der Waals surface area contributed by atoms with Crippen molar-refractivity contribution in [3.63, 3.8) is 0 Å². The zero-order valence-corrected chi connectivity index (χ0v) is 12.8. The summed E-state index contributed by atoms with van der Waals surface area (Å²) in [5.74, 6) is 2.11. The molecule has 1 heterocycles. The molecule has 0 bridgehead atoms. The lowest BCUT2D eigenvalue weighted by atomic mass is 10.2. The topological polar surface area (TPSA) is 47.3 Å². The number of rotatable bonds is 5. The molecule has 0 radical (unpaired) electrons. The normalized spacial score (nSPS) is 10.5. The highest BCUT2D eigenvalue weighted by Gasteiger charge is 2.07. The Morgan fingerprint density at radius 2 is 1.91 bits per heavy atom. The molecule has 2 aromatic carbocycles. The lowest BCUT2D eigenvalue weighted by molar-refractivity contribution is 0.416. The Bertz CT molecular complexity index is 753. The molecule has 0 spiro atoms. The second kappa shape index (κ2) is 6.54.